The SMILES string of the molecule is COc1cc(C(C)(C)c2c(-c3ccc(F)cc3)nc(CCc3c(F)cc(S(=O)(=O)[N+](C)(C)[C@@H](CCCCN)C(=O)O)cc3Cl)n2C)ccc1Cl. The minimum absolute atomic E-state index is 0.0704. The highest BCUT2D eigenvalue weighted by molar-refractivity contribution is 7.86. The Morgan fingerprint density at radius 1 is 1.04 bits per heavy atom. The number of hydrogen-bond acceptors (Lipinski definition) is 6. The zero-order valence-electron chi connectivity index (χ0n) is 28.9. The second-order valence-corrected chi connectivity index (χ2v) is 16.4. The van der Waals surface area contributed by atoms with Crippen LogP contribution in [0.5, 0.6) is 5.75 Å². The van der Waals surface area contributed by atoms with Crippen LogP contribution in [-0.4, -0.2) is 66.7 Å². The Morgan fingerprint density at radius 2 is 1.70 bits per heavy atom. The summed E-state index contributed by atoms with van der Waals surface area (Å²) in [7, 11) is 1.53. The van der Waals surface area contributed by atoms with E-state index in [-0.39, 0.29) is 29.8 Å². The maximum Gasteiger partial charge on any atom is 0.363 e. The molecule has 0 amide bonds. The van der Waals surface area contributed by atoms with Crippen LogP contribution in [0.1, 0.15) is 55.8 Å². The monoisotopic (exact) mass is 751 g/mol. The molecule has 4 rings (SSSR count). The number of carboxylic acids is 1. The number of quaternary nitrogens is 1. The maximum absolute atomic E-state index is 15.8. The molecular formula is C36H43Cl2F2N4O5S+. The van der Waals surface area contributed by atoms with Gasteiger partial charge in [0.1, 0.15) is 28.1 Å². The molecule has 4 aromatic rings. The van der Waals surface area contributed by atoms with Crippen molar-refractivity contribution in [1.82, 2.24) is 9.55 Å². The minimum Gasteiger partial charge on any atom is -0.495 e. The smallest absolute Gasteiger partial charge is 0.363 e. The number of likely N-dealkylation sites (N-methyl/N-ethyl adjacent to an activating group) is 1. The molecule has 3 aromatic carbocycles. The first kappa shape index (κ1) is 39.2. The summed E-state index contributed by atoms with van der Waals surface area (Å²) in [6.07, 6.45) is 1.32. The fourth-order valence-corrected chi connectivity index (χ4v) is 8.46. The molecule has 0 aliphatic heterocycles. The lowest BCUT2D eigenvalue weighted by molar-refractivity contribution is -0.782. The van der Waals surface area contributed by atoms with Crippen LogP contribution < -0.4 is 10.5 Å². The number of unbranched alkanes of at least 4 members (excludes halogenated alkanes) is 1. The van der Waals surface area contributed by atoms with Gasteiger partial charge in [0.15, 0.2) is 0 Å². The fourth-order valence-electron chi connectivity index (χ4n) is 6.30. The first-order valence-corrected chi connectivity index (χ1v) is 18.2. The third-order valence-corrected chi connectivity index (χ3v) is 12.3. The number of carboxylic acid groups (broad SMARTS) is 1. The molecule has 9 nitrogen and oxygen atoms in total. The summed E-state index contributed by atoms with van der Waals surface area (Å²) in [5.74, 6) is -1.43. The van der Waals surface area contributed by atoms with Crippen molar-refractivity contribution in [2.75, 3.05) is 27.7 Å². The summed E-state index contributed by atoms with van der Waals surface area (Å²) in [5.41, 5.74) is 7.93. The number of aryl methyl sites for hydroxylation is 1. The number of carbonyl (C=O) groups is 1. The van der Waals surface area contributed by atoms with E-state index in [9.17, 15) is 22.7 Å². The van der Waals surface area contributed by atoms with Gasteiger partial charge in [-0.3, -0.25) is 0 Å². The second-order valence-electron chi connectivity index (χ2n) is 13.2. The third-order valence-electron chi connectivity index (χ3n) is 9.37. The van der Waals surface area contributed by atoms with Crippen LogP contribution in [0.15, 0.2) is 59.5 Å². The Kier molecular flexibility index (Phi) is 12.1. The van der Waals surface area contributed by atoms with Crippen LogP contribution in [0.25, 0.3) is 11.3 Å². The highest BCUT2D eigenvalue weighted by atomic mass is 35.5. The van der Waals surface area contributed by atoms with Gasteiger partial charge in [0, 0.05) is 41.5 Å². The number of ether oxygens (including phenoxy) is 1. The first-order chi connectivity index (χ1) is 23.4. The van der Waals surface area contributed by atoms with Crippen molar-refractivity contribution in [3.8, 4) is 17.0 Å². The summed E-state index contributed by atoms with van der Waals surface area (Å²) in [4.78, 5) is 16.7. The second kappa shape index (κ2) is 15.4. The Morgan fingerprint density at radius 3 is 2.28 bits per heavy atom. The molecule has 1 aromatic heterocycles. The number of aromatic nitrogens is 2. The van der Waals surface area contributed by atoms with Gasteiger partial charge >= 0.3 is 16.0 Å². The van der Waals surface area contributed by atoms with E-state index in [0.29, 0.717) is 47.2 Å². The van der Waals surface area contributed by atoms with Crippen molar-refractivity contribution in [3.05, 3.63) is 98.9 Å². The van der Waals surface area contributed by atoms with Gasteiger partial charge in [-0.15, -0.1) is 0 Å². The first-order valence-electron chi connectivity index (χ1n) is 16.0. The summed E-state index contributed by atoms with van der Waals surface area (Å²) < 4.78 is 63.6. The molecule has 14 heteroatoms. The van der Waals surface area contributed by atoms with Gasteiger partial charge in [-0.2, -0.15) is 8.42 Å². The van der Waals surface area contributed by atoms with Gasteiger partial charge in [0.05, 0.1) is 37.6 Å². The zero-order chi connectivity index (χ0) is 37.2. The Labute approximate surface area is 302 Å². The van der Waals surface area contributed by atoms with Crippen molar-refractivity contribution >= 4 is 39.2 Å². The Balaban J connectivity index is 1.72. The predicted molar refractivity (Wildman–Crippen MR) is 191 cm³/mol. The van der Waals surface area contributed by atoms with Crippen molar-refractivity contribution in [3.63, 3.8) is 0 Å². The van der Waals surface area contributed by atoms with Crippen LogP contribution in [0, 0.1) is 11.6 Å². The molecule has 0 radical (unpaired) electrons. The average Bonchev–Trinajstić information content (AvgIpc) is 3.39. The molecule has 0 saturated carbocycles. The highest BCUT2D eigenvalue weighted by Gasteiger charge is 2.46. The van der Waals surface area contributed by atoms with E-state index < -0.39 is 47.9 Å². The van der Waals surface area contributed by atoms with Crippen LogP contribution in [0.4, 0.5) is 8.78 Å². The quantitative estimate of drug-likeness (QED) is 0.0978. The number of rotatable bonds is 15. The van der Waals surface area contributed by atoms with Gasteiger partial charge in [-0.1, -0.05) is 43.1 Å². The van der Waals surface area contributed by atoms with E-state index in [1.807, 2.05) is 37.6 Å². The number of halogens is 4. The van der Waals surface area contributed by atoms with Crippen molar-refractivity contribution in [1.29, 1.82) is 0 Å². The largest absolute Gasteiger partial charge is 0.495 e. The molecule has 0 saturated heterocycles. The summed E-state index contributed by atoms with van der Waals surface area (Å²) in [6.45, 7) is 4.38. The lowest BCUT2D eigenvalue weighted by Crippen LogP contribution is -2.56. The minimum atomic E-state index is -4.40. The summed E-state index contributed by atoms with van der Waals surface area (Å²) >= 11 is 12.9. The highest BCUT2D eigenvalue weighted by Crippen LogP contribution is 2.41. The van der Waals surface area contributed by atoms with E-state index in [2.05, 4.69) is 0 Å². The number of sulfonamides is 1. The van der Waals surface area contributed by atoms with Gasteiger partial charge in [0.25, 0.3) is 0 Å². The number of aliphatic carboxylic acids is 1. The molecule has 0 unspecified atom stereocenters. The van der Waals surface area contributed by atoms with Crippen LogP contribution in [0.3, 0.4) is 0 Å². The number of nitrogens with two attached hydrogens (primary N) is 1. The van der Waals surface area contributed by atoms with Crippen LogP contribution in [-0.2, 0) is 40.1 Å². The molecule has 0 aliphatic rings. The molecule has 0 aliphatic carbocycles. The molecule has 0 bridgehead atoms. The number of benzene rings is 3. The fraction of sp³-hybridized carbons (Fsp3) is 0.389. The van der Waals surface area contributed by atoms with Crippen molar-refractivity contribution in [2.24, 2.45) is 12.8 Å². The number of hydrogen-bond donors (Lipinski definition) is 2. The Bertz CT molecular complexity index is 1960. The standard InChI is InChI=1S/C36H42Cl2F2N4O5S/c1-36(2,23-12-16-27(37)31(19-23)49-6)34-33(22-10-13-24(39)14-11-22)42-32(43(34)3)17-15-26-28(38)20-25(21-29(26)40)50(47,48)44(4,5)30(35(45)46)9-7-8-18-41/h10-14,16,19-21,30H,7-9,15,17-18,41H2,1-6H3/p+1/t30-/m0/s1. The van der Waals surface area contributed by atoms with Crippen LogP contribution >= 0.6 is 23.2 Å². The lowest BCUT2D eigenvalue weighted by atomic mass is 9.79. The van der Waals surface area contributed by atoms with Gasteiger partial charge < -0.3 is 20.1 Å². The van der Waals surface area contributed by atoms with Crippen molar-refractivity contribution in [2.45, 2.75) is 62.3 Å². The van der Waals surface area contributed by atoms with E-state index in [4.69, 9.17) is 38.7 Å². The number of nitrogens with zero attached hydrogens (tertiary/aromatic N) is 3. The predicted octanol–water partition coefficient (Wildman–Crippen LogP) is 7.14. The molecule has 3 N–H and O–H groups in total. The number of imidazole rings is 1. The third kappa shape index (κ3) is 7.69. The molecule has 1 heterocycles. The van der Waals surface area contributed by atoms with Gasteiger partial charge in [-0.25, -0.2) is 22.4 Å². The van der Waals surface area contributed by atoms with E-state index in [1.54, 1.807) is 18.2 Å². The van der Waals surface area contributed by atoms with Gasteiger partial charge in [0.2, 0.25) is 6.04 Å². The lowest BCUT2D eigenvalue weighted by Gasteiger charge is -2.34. The van der Waals surface area contributed by atoms with Crippen molar-refractivity contribution < 1.29 is 35.7 Å². The molecule has 270 valence electrons. The van der Waals surface area contributed by atoms with E-state index >= 15 is 4.39 Å². The van der Waals surface area contributed by atoms with Crippen LogP contribution in [0.2, 0.25) is 10.0 Å². The Hall–Kier alpha value is -3.55. The van der Waals surface area contributed by atoms with E-state index in [0.717, 1.165) is 17.3 Å². The topological polar surface area (TPSA) is 125 Å². The van der Waals surface area contributed by atoms with Gasteiger partial charge in [-0.05, 0) is 79.9 Å². The summed E-state index contributed by atoms with van der Waals surface area (Å²) in [6, 6.07) is 12.3. The van der Waals surface area contributed by atoms with E-state index in [1.165, 1.54) is 39.4 Å². The molecular weight excluding hydrogens is 709 g/mol. The average molecular weight is 753 g/mol. The normalized spacial score (nSPS) is 13.0. The zero-order valence-corrected chi connectivity index (χ0v) is 31.3. The summed E-state index contributed by atoms with van der Waals surface area (Å²) in [5, 5.41) is 10.2. The molecule has 0 spiro atoms. The molecule has 1 atom stereocenters. The molecule has 0 fully saturated rings. The number of methoxy groups -OCH3 is 1. The maximum atomic E-state index is 15.8. The molecule has 50 heavy (non-hydrogen) atoms.